The Hall–Kier alpha value is 0.792. The van der Waals surface area contributed by atoms with E-state index in [9.17, 15) is 0 Å². The molecule has 5 nitrogen and oxygen atoms in total. The van der Waals surface area contributed by atoms with Crippen LogP contribution in [0.1, 0.15) is 6.92 Å². The van der Waals surface area contributed by atoms with Crippen molar-refractivity contribution in [2.45, 2.75) is 6.92 Å². The quantitative estimate of drug-likeness (QED) is 0.551. The van der Waals surface area contributed by atoms with Gasteiger partial charge in [0, 0.05) is 6.92 Å². The van der Waals surface area contributed by atoms with Crippen molar-refractivity contribution in [3.05, 3.63) is 0 Å². The maximum atomic E-state index is 9.00. The Kier molecular flexibility index (Phi) is 21.1. The van der Waals surface area contributed by atoms with Crippen molar-refractivity contribution >= 4 is 81.0 Å². The molecule has 0 fully saturated rings. The summed E-state index contributed by atoms with van der Waals surface area (Å²) in [7, 11) is 0. The standard InChI is InChI=1S/C2H4O2.CH2O3.Cs.H/c1-2(3)4;2-1(3)4;;/h1H3,(H,3,4);(H2,2,3,4);;. The fourth-order valence-electron chi connectivity index (χ4n) is 0. The zero-order chi connectivity index (χ0) is 7.15. The first kappa shape index (κ1) is 16.4. The van der Waals surface area contributed by atoms with Crippen LogP contribution >= 0.6 is 0 Å². The fourth-order valence-corrected chi connectivity index (χ4v) is 0. The number of hydrogen-bond donors (Lipinski definition) is 3. The molecule has 0 bridgehead atoms. The fraction of sp³-hybridized carbons (Fsp3) is 0.333. The molecule has 0 aromatic carbocycles. The third-order valence-electron chi connectivity index (χ3n) is 0. The van der Waals surface area contributed by atoms with Gasteiger partial charge in [-0.05, 0) is 0 Å². The zero-order valence-electron chi connectivity index (χ0n) is 4.16. The van der Waals surface area contributed by atoms with Crippen molar-refractivity contribution in [2.75, 3.05) is 0 Å². The Balaban J connectivity index is -0.0000000720. The van der Waals surface area contributed by atoms with Gasteiger partial charge in [0.2, 0.25) is 0 Å². The molecule has 0 rings (SSSR count). The summed E-state index contributed by atoms with van der Waals surface area (Å²) >= 11 is 0. The van der Waals surface area contributed by atoms with Crippen LogP contribution in [0.2, 0.25) is 0 Å². The first-order valence-corrected chi connectivity index (χ1v) is 1.58. The molecule has 6 heteroatoms. The number of carboxylic acids is 1. The summed E-state index contributed by atoms with van der Waals surface area (Å²) in [6, 6.07) is 0. The third-order valence-corrected chi connectivity index (χ3v) is 0. The van der Waals surface area contributed by atoms with Gasteiger partial charge in [0.05, 0.1) is 0 Å². The second-order valence-corrected chi connectivity index (χ2v) is 0.802. The molecule has 0 aliphatic carbocycles. The summed E-state index contributed by atoms with van der Waals surface area (Å²) in [5.41, 5.74) is 0. The normalized spacial score (nSPS) is 5.44. The summed E-state index contributed by atoms with van der Waals surface area (Å²) in [5, 5.41) is 21.4. The van der Waals surface area contributed by atoms with E-state index >= 15 is 0 Å². The van der Waals surface area contributed by atoms with E-state index in [4.69, 9.17) is 24.9 Å². The van der Waals surface area contributed by atoms with Crippen LogP contribution in [0.15, 0.2) is 0 Å². The first-order valence-electron chi connectivity index (χ1n) is 1.58. The van der Waals surface area contributed by atoms with Crippen LogP contribution in [0.3, 0.4) is 0 Å². The molecule has 0 saturated heterocycles. The summed E-state index contributed by atoms with van der Waals surface area (Å²) in [4.78, 5) is 17.6. The van der Waals surface area contributed by atoms with Gasteiger partial charge in [0.15, 0.2) is 0 Å². The van der Waals surface area contributed by atoms with Crippen LogP contribution in [-0.2, 0) is 4.79 Å². The first-order chi connectivity index (χ1) is 3.46. The molecular weight excluding hydrogens is 249 g/mol. The van der Waals surface area contributed by atoms with Gasteiger partial charge >= 0.3 is 75.0 Å². The number of aliphatic carboxylic acids is 1. The van der Waals surface area contributed by atoms with Gasteiger partial charge in [-0.3, -0.25) is 4.79 Å². The van der Waals surface area contributed by atoms with Gasteiger partial charge in [0.1, 0.15) is 0 Å². The van der Waals surface area contributed by atoms with Gasteiger partial charge in [-0.25, -0.2) is 4.79 Å². The molecule has 0 aliphatic rings. The van der Waals surface area contributed by atoms with E-state index in [0.29, 0.717) is 0 Å². The summed E-state index contributed by atoms with van der Waals surface area (Å²) in [5.74, 6) is -0.833. The topological polar surface area (TPSA) is 94.8 Å². The van der Waals surface area contributed by atoms with E-state index in [-0.39, 0.29) is 68.9 Å². The van der Waals surface area contributed by atoms with E-state index in [0.717, 1.165) is 6.92 Å². The molecule has 0 atom stereocenters. The molecule has 0 aliphatic heterocycles. The van der Waals surface area contributed by atoms with E-state index in [1.807, 2.05) is 0 Å². The van der Waals surface area contributed by atoms with Crippen LogP contribution in [0.5, 0.6) is 0 Å². The summed E-state index contributed by atoms with van der Waals surface area (Å²) in [6.45, 7) is 1.08. The molecule has 0 radical (unpaired) electrons. The Morgan fingerprint density at radius 1 is 1.11 bits per heavy atom. The van der Waals surface area contributed by atoms with Crippen LogP contribution in [0, 0.1) is 0 Å². The summed E-state index contributed by atoms with van der Waals surface area (Å²) in [6.07, 6.45) is -1.83. The molecule has 0 aromatic heterocycles. The van der Waals surface area contributed by atoms with Crippen molar-refractivity contribution in [3.8, 4) is 0 Å². The minimum absolute atomic E-state index is 0. The molecule has 0 spiro atoms. The average molecular weight is 256 g/mol. The van der Waals surface area contributed by atoms with Crippen molar-refractivity contribution in [2.24, 2.45) is 0 Å². The number of carboxylic acid groups (broad SMARTS) is 3. The van der Waals surface area contributed by atoms with Gasteiger partial charge < -0.3 is 15.3 Å². The Labute approximate surface area is 110 Å². The molecule has 0 aromatic rings. The van der Waals surface area contributed by atoms with E-state index < -0.39 is 12.1 Å². The van der Waals surface area contributed by atoms with Crippen LogP contribution in [-0.4, -0.2) is 96.3 Å². The average Bonchev–Trinajstić information content (AvgIpc) is 1.25. The molecule has 0 amide bonds. The second kappa shape index (κ2) is 11.6. The van der Waals surface area contributed by atoms with E-state index in [1.165, 1.54) is 0 Å². The monoisotopic (exact) mass is 256 g/mol. The molecule has 0 unspecified atom stereocenters. The molecular formula is C3H7CsO5. The molecule has 0 saturated carbocycles. The number of carbonyl (C=O) groups is 2. The van der Waals surface area contributed by atoms with Crippen molar-refractivity contribution in [1.82, 2.24) is 0 Å². The van der Waals surface area contributed by atoms with Crippen molar-refractivity contribution in [1.29, 1.82) is 0 Å². The molecule has 0 heterocycles. The van der Waals surface area contributed by atoms with E-state index in [1.54, 1.807) is 0 Å². The van der Waals surface area contributed by atoms with Gasteiger partial charge in [0.25, 0.3) is 5.97 Å². The van der Waals surface area contributed by atoms with Crippen molar-refractivity contribution in [3.63, 3.8) is 0 Å². The molecule has 50 valence electrons. The predicted molar refractivity (Wildman–Crippen MR) is 31.1 cm³/mol. The summed E-state index contributed by atoms with van der Waals surface area (Å²) < 4.78 is 0. The molecule has 9 heavy (non-hydrogen) atoms. The Morgan fingerprint density at radius 2 is 1.11 bits per heavy atom. The second-order valence-electron chi connectivity index (χ2n) is 0.802. The Bertz CT molecular complexity index is 70.2. The predicted octanol–water partition coefficient (Wildman–Crippen LogP) is -0.335. The van der Waals surface area contributed by atoms with Gasteiger partial charge in [-0.2, -0.15) is 0 Å². The van der Waals surface area contributed by atoms with Crippen LogP contribution < -0.4 is 0 Å². The molecule has 3 N–H and O–H groups in total. The number of rotatable bonds is 0. The minimum atomic E-state index is -1.83. The van der Waals surface area contributed by atoms with Crippen LogP contribution in [0.4, 0.5) is 4.79 Å². The number of hydrogen-bond acceptors (Lipinski definition) is 2. The van der Waals surface area contributed by atoms with E-state index in [2.05, 4.69) is 0 Å². The maximum absolute atomic E-state index is 9.00. The third kappa shape index (κ3) is 647. The SMILES string of the molecule is CC(=O)O.O=C(O)O.[CsH]. The van der Waals surface area contributed by atoms with Crippen molar-refractivity contribution < 1.29 is 24.9 Å². The van der Waals surface area contributed by atoms with Crippen LogP contribution in [0.25, 0.3) is 0 Å². The van der Waals surface area contributed by atoms with Gasteiger partial charge in [-0.15, -0.1) is 0 Å². The van der Waals surface area contributed by atoms with Gasteiger partial charge in [-0.1, -0.05) is 0 Å². The Morgan fingerprint density at radius 3 is 1.11 bits per heavy atom. The zero-order valence-corrected chi connectivity index (χ0v) is 4.16.